The Balaban J connectivity index is 2.00. The number of hydrogen-bond donors (Lipinski definition) is 1. The van der Waals surface area contributed by atoms with E-state index in [0.29, 0.717) is 35.7 Å². The van der Waals surface area contributed by atoms with Gasteiger partial charge in [0.25, 0.3) is 5.91 Å². The van der Waals surface area contributed by atoms with Gasteiger partial charge in [-0.05, 0) is 63.1 Å². The van der Waals surface area contributed by atoms with Gasteiger partial charge in [0, 0.05) is 24.8 Å². The molecule has 2 aromatic rings. The predicted octanol–water partition coefficient (Wildman–Crippen LogP) is 4.37. The minimum absolute atomic E-state index is 0.136. The van der Waals surface area contributed by atoms with Crippen molar-refractivity contribution in [1.82, 2.24) is 4.90 Å². The largest absolute Gasteiger partial charge is 0.493 e. The first kappa shape index (κ1) is 23.1. The number of ether oxygens (including phenoxy) is 3. The van der Waals surface area contributed by atoms with Gasteiger partial charge in [0.1, 0.15) is 5.60 Å². The molecule has 0 heterocycles. The van der Waals surface area contributed by atoms with E-state index < -0.39 is 11.7 Å². The number of benzene rings is 2. The van der Waals surface area contributed by atoms with Crippen molar-refractivity contribution in [1.29, 1.82) is 0 Å². The normalized spacial score (nSPS) is 10.9. The molecule has 30 heavy (non-hydrogen) atoms. The summed E-state index contributed by atoms with van der Waals surface area (Å²) in [6.07, 6.45) is 0.104. The van der Waals surface area contributed by atoms with E-state index in [1.807, 2.05) is 18.2 Å². The Bertz CT molecular complexity index is 889. The van der Waals surface area contributed by atoms with E-state index in [1.165, 1.54) is 0 Å². The highest BCUT2D eigenvalue weighted by molar-refractivity contribution is 5.96. The second-order valence-electron chi connectivity index (χ2n) is 7.87. The molecule has 2 aromatic carbocycles. The summed E-state index contributed by atoms with van der Waals surface area (Å²) in [5, 5.41) is 2.66. The fraction of sp³-hybridized carbons (Fsp3) is 0.391. The number of nitrogens with zero attached hydrogens (tertiary/aromatic N) is 1. The summed E-state index contributed by atoms with van der Waals surface area (Å²) in [4.78, 5) is 26.4. The van der Waals surface area contributed by atoms with Crippen LogP contribution < -0.4 is 14.8 Å². The lowest BCUT2D eigenvalue weighted by Crippen LogP contribution is -2.29. The molecule has 0 bridgehead atoms. The van der Waals surface area contributed by atoms with Gasteiger partial charge in [0.15, 0.2) is 11.5 Å². The molecule has 0 unspecified atom stereocenters. The zero-order valence-corrected chi connectivity index (χ0v) is 18.4. The van der Waals surface area contributed by atoms with Crippen LogP contribution in [0.3, 0.4) is 0 Å². The van der Waals surface area contributed by atoms with E-state index >= 15 is 0 Å². The van der Waals surface area contributed by atoms with E-state index in [-0.39, 0.29) is 5.91 Å². The second-order valence-corrected chi connectivity index (χ2v) is 7.87. The van der Waals surface area contributed by atoms with Crippen molar-refractivity contribution in [2.75, 3.05) is 33.1 Å². The van der Waals surface area contributed by atoms with Crippen LogP contribution >= 0.6 is 0 Å². The van der Waals surface area contributed by atoms with Crippen LogP contribution in [0.4, 0.5) is 10.5 Å². The number of methoxy groups -OCH3 is 2. The summed E-state index contributed by atoms with van der Waals surface area (Å²) in [5.74, 6) is 1.19. The summed E-state index contributed by atoms with van der Waals surface area (Å²) in [7, 11) is 4.93. The van der Waals surface area contributed by atoms with E-state index in [2.05, 4.69) is 5.32 Å². The van der Waals surface area contributed by atoms with E-state index in [4.69, 9.17) is 14.2 Å². The first-order valence-corrected chi connectivity index (χ1v) is 9.69. The molecule has 0 aliphatic carbocycles. The van der Waals surface area contributed by atoms with Crippen LogP contribution in [0.2, 0.25) is 0 Å². The first-order chi connectivity index (χ1) is 14.1. The van der Waals surface area contributed by atoms with Crippen LogP contribution in [0, 0.1) is 0 Å². The zero-order chi connectivity index (χ0) is 22.3. The number of nitrogens with one attached hydrogen (secondary N) is 1. The molecule has 7 heteroatoms. The molecular weight excluding hydrogens is 384 g/mol. The van der Waals surface area contributed by atoms with Gasteiger partial charge in [-0.25, -0.2) is 4.79 Å². The lowest BCUT2D eigenvalue weighted by molar-refractivity contribution is 0.0635. The Kier molecular flexibility index (Phi) is 7.69. The maximum absolute atomic E-state index is 12.8. The molecule has 0 spiro atoms. The van der Waals surface area contributed by atoms with Gasteiger partial charge in [-0.3, -0.25) is 10.1 Å². The molecule has 0 atom stereocenters. The number of likely N-dealkylation sites (N-methyl/N-ethyl adjacent to an activating group) is 1. The molecule has 0 saturated heterocycles. The topological polar surface area (TPSA) is 77.1 Å². The quantitative estimate of drug-likeness (QED) is 0.728. The third-order valence-corrected chi connectivity index (χ3v) is 4.29. The van der Waals surface area contributed by atoms with Crippen molar-refractivity contribution >= 4 is 17.7 Å². The van der Waals surface area contributed by atoms with Crippen molar-refractivity contribution < 1.29 is 23.8 Å². The first-order valence-electron chi connectivity index (χ1n) is 9.69. The Morgan fingerprint density at radius 3 is 2.33 bits per heavy atom. The number of carbonyl (C=O) groups is 2. The Hall–Kier alpha value is -3.22. The smallest absolute Gasteiger partial charge is 0.412 e. The highest BCUT2D eigenvalue weighted by Gasteiger charge is 2.17. The molecule has 0 fully saturated rings. The lowest BCUT2D eigenvalue weighted by atomic mass is 10.1. The van der Waals surface area contributed by atoms with Gasteiger partial charge < -0.3 is 19.1 Å². The van der Waals surface area contributed by atoms with Crippen molar-refractivity contribution in [3.05, 3.63) is 53.6 Å². The van der Waals surface area contributed by atoms with Gasteiger partial charge in [-0.1, -0.05) is 12.1 Å². The summed E-state index contributed by atoms with van der Waals surface area (Å²) in [6, 6.07) is 12.5. The molecule has 162 valence electrons. The average Bonchev–Trinajstić information content (AvgIpc) is 2.69. The van der Waals surface area contributed by atoms with Crippen LogP contribution in [-0.2, 0) is 11.2 Å². The Morgan fingerprint density at radius 1 is 1.00 bits per heavy atom. The van der Waals surface area contributed by atoms with Crippen molar-refractivity contribution in [2.45, 2.75) is 32.8 Å². The molecular formula is C23H30N2O5. The fourth-order valence-corrected chi connectivity index (χ4v) is 2.81. The minimum atomic E-state index is -0.595. The summed E-state index contributed by atoms with van der Waals surface area (Å²) < 4.78 is 15.8. The van der Waals surface area contributed by atoms with Gasteiger partial charge in [-0.2, -0.15) is 0 Å². The van der Waals surface area contributed by atoms with Crippen LogP contribution in [-0.4, -0.2) is 50.3 Å². The Labute approximate surface area is 177 Å². The number of rotatable bonds is 7. The van der Waals surface area contributed by atoms with Gasteiger partial charge in [0.2, 0.25) is 0 Å². The highest BCUT2D eigenvalue weighted by atomic mass is 16.6. The SMILES string of the molecule is COc1ccc(CCN(C)C(=O)c2cccc(NC(=O)OC(C)(C)C)c2)cc1OC. The third-order valence-electron chi connectivity index (χ3n) is 4.29. The molecule has 0 radical (unpaired) electrons. The van der Waals surface area contributed by atoms with E-state index in [1.54, 1.807) is 71.2 Å². The number of hydrogen-bond acceptors (Lipinski definition) is 5. The maximum Gasteiger partial charge on any atom is 0.412 e. The number of amides is 2. The van der Waals surface area contributed by atoms with Gasteiger partial charge in [0.05, 0.1) is 14.2 Å². The highest BCUT2D eigenvalue weighted by Crippen LogP contribution is 2.27. The van der Waals surface area contributed by atoms with Gasteiger partial charge in [-0.15, -0.1) is 0 Å². The fourth-order valence-electron chi connectivity index (χ4n) is 2.81. The van der Waals surface area contributed by atoms with Crippen LogP contribution in [0.25, 0.3) is 0 Å². The average molecular weight is 415 g/mol. The molecule has 0 saturated carbocycles. The summed E-state index contributed by atoms with van der Waals surface area (Å²) >= 11 is 0. The van der Waals surface area contributed by atoms with Gasteiger partial charge >= 0.3 is 6.09 Å². The van der Waals surface area contributed by atoms with Crippen molar-refractivity contribution in [3.8, 4) is 11.5 Å². The number of carbonyl (C=O) groups excluding carboxylic acids is 2. The lowest BCUT2D eigenvalue weighted by Gasteiger charge is -2.20. The third kappa shape index (κ3) is 6.69. The minimum Gasteiger partial charge on any atom is -0.493 e. The molecule has 0 aromatic heterocycles. The van der Waals surface area contributed by atoms with Crippen LogP contribution in [0.1, 0.15) is 36.7 Å². The summed E-state index contributed by atoms with van der Waals surface area (Å²) in [5.41, 5.74) is 1.43. The maximum atomic E-state index is 12.8. The number of anilines is 1. The van der Waals surface area contributed by atoms with Crippen LogP contribution in [0.15, 0.2) is 42.5 Å². The van der Waals surface area contributed by atoms with Crippen molar-refractivity contribution in [3.63, 3.8) is 0 Å². The van der Waals surface area contributed by atoms with Crippen LogP contribution in [0.5, 0.6) is 11.5 Å². The molecule has 2 amide bonds. The molecule has 0 aliphatic rings. The van der Waals surface area contributed by atoms with E-state index in [0.717, 1.165) is 5.56 Å². The molecule has 2 rings (SSSR count). The standard InChI is InChI=1S/C23H30N2O5/c1-23(2,3)30-22(27)24-18-9-7-8-17(15-18)21(26)25(4)13-12-16-10-11-19(28-5)20(14-16)29-6/h7-11,14-15H,12-13H2,1-6H3,(H,24,27). The predicted molar refractivity (Wildman–Crippen MR) is 117 cm³/mol. The Morgan fingerprint density at radius 2 is 1.70 bits per heavy atom. The second kappa shape index (κ2) is 10.0. The van der Waals surface area contributed by atoms with Crippen molar-refractivity contribution in [2.24, 2.45) is 0 Å². The molecule has 0 aliphatic heterocycles. The zero-order valence-electron chi connectivity index (χ0n) is 18.4. The molecule has 7 nitrogen and oxygen atoms in total. The summed E-state index contributed by atoms with van der Waals surface area (Å²) in [6.45, 7) is 5.90. The monoisotopic (exact) mass is 414 g/mol. The molecule has 1 N–H and O–H groups in total. The van der Waals surface area contributed by atoms with E-state index in [9.17, 15) is 9.59 Å².